The third-order valence-electron chi connectivity index (χ3n) is 4.61. The van der Waals surface area contributed by atoms with Gasteiger partial charge in [-0.1, -0.05) is 42.5 Å². The largest absolute Gasteiger partial charge is 0.451 e. The number of anilines is 1. The highest BCUT2D eigenvalue weighted by Gasteiger charge is 2.23. The molecule has 0 N–H and O–H groups in total. The number of fused-ring (bicyclic) bond motifs is 2. The van der Waals surface area contributed by atoms with Crippen LogP contribution in [0.1, 0.15) is 22.5 Å². The molecule has 1 aliphatic heterocycles. The Labute approximate surface area is 151 Å². The maximum absolute atomic E-state index is 12.6. The molecule has 2 heterocycles. The molecule has 130 valence electrons. The van der Waals surface area contributed by atoms with Crippen LogP contribution in [0.25, 0.3) is 10.8 Å². The highest BCUT2D eigenvalue weighted by molar-refractivity contribution is 6.04. The van der Waals surface area contributed by atoms with Crippen molar-refractivity contribution < 1.29 is 14.3 Å². The van der Waals surface area contributed by atoms with Crippen LogP contribution in [0.2, 0.25) is 0 Å². The zero-order valence-corrected chi connectivity index (χ0v) is 14.2. The van der Waals surface area contributed by atoms with E-state index in [1.54, 1.807) is 11.1 Å². The third kappa shape index (κ3) is 3.04. The predicted octanol–water partition coefficient (Wildman–Crippen LogP) is 3.37. The number of rotatable bonds is 3. The van der Waals surface area contributed by atoms with Crippen molar-refractivity contribution in [1.29, 1.82) is 0 Å². The number of pyridine rings is 1. The summed E-state index contributed by atoms with van der Waals surface area (Å²) in [6, 6.07) is 17.1. The second-order valence-electron chi connectivity index (χ2n) is 6.23. The Kier molecular flexibility index (Phi) is 4.35. The first-order chi connectivity index (χ1) is 12.7. The lowest BCUT2D eigenvalue weighted by Gasteiger charge is -2.29. The lowest BCUT2D eigenvalue weighted by Crippen LogP contribution is -2.38. The van der Waals surface area contributed by atoms with Crippen molar-refractivity contribution in [2.75, 3.05) is 18.1 Å². The molecule has 0 atom stereocenters. The molecule has 1 aliphatic rings. The lowest BCUT2D eigenvalue weighted by atomic mass is 10.0. The number of hydrogen-bond donors (Lipinski definition) is 0. The molecule has 3 aromatic rings. The zero-order valence-electron chi connectivity index (χ0n) is 14.2. The zero-order chi connectivity index (χ0) is 17.9. The second kappa shape index (κ2) is 6.96. The number of para-hydroxylation sites is 1. The van der Waals surface area contributed by atoms with Crippen molar-refractivity contribution in [1.82, 2.24) is 4.98 Å². The Morgan fingerprint density at radius 3 is 2.77 bits per heavy atom. The number of aryl methyl sites for hydroxylation is 1. The van der Waals surface area contributed by atoms with E-state index in [4.69, 9.17) is 4.74 Å². The topological polar surface area (TPSA) is 59.5 Å². The maximum atomic E-state index is 12.6. The van der Waals surface area contributed by atoms with Gasteiger partial charge in [-0.15, -0.1) is 0 Å². The summed E-state index contributed by atoms with van der Waals surface area (Å²) < 4.78 is 5.27. The highest BCUT2D eigenvalue weighted by Crippen LogP contribution is 2.26. The Balaban J connectivity index is 1.49. The van der Waals surface area contributed by atoms with Gasteiger partial charge in [-0.3, -0.25) is 4.79 Å². The van der Waals surface area contributed by atoms with Crippen molar-refractivity contribution >= 4 is 28.3 Å². The van der Waals surface area contributed by atoms with E-state index in [-0.39, 0.29) is 18.2 Å². The summed E-state index contributed by atoms with van der Waals surface area (Å²) in [5, 5.41) is 1.63. The van der Waals surface area contributed by atoms with Crippen LogP contribution in [0.15, 0.2) is 60.8 Å². The van der Waals surface area contributed by atoms with Crippen LogP contribution in [0.3, 0.4) is 0 Å². The minimum Gasteiger partial charge on any atom is -0.451 e. The van der Waals surface area contributed by atoms with Crippen LogP contribution in [-0.4, -0.2) is 30.0 Å². The van der Waals surface area contributed by atoms with Gasteiger partial charge in [-0.25, -0.2) is 9.78 Å². The first-order valence-electron chi connectivity index (χ1n) is 8.63. The Morgan fingerprint density at radius 1 is 1.04 bits per heavy atom. The lowest BCUT2D eigenvalue weighted by molar-refractivity contribution is -0.121. The fourth-order valence-corrected chi connectivity index (χ4v) is 3.35. The molecule has 0 fully saturated rings. The summed E-state index contributed by atoms with van der Waals surface area (Å²) in [5.41, 5.74) is 2.28. The van der Waals surface area contributed by atoms with Gasteiger partial charge in [-0.2, -0.15) is 0 Å². The van der Waals surface area contributed by atoms with E-state index in [9.17, 15) is 9.59 Å². The van der Waals surface area contributed by atoms with Gasteiger partial charge in [0.05, 0.1) is 0 Å². The van der Waals surface area contributed by atoms with Crippen molar-refractivity contribution in [2.24, 2.45) is 0 Å². The number of benzene rings is 2. The number of aromatic nitrogens is 1. The SMILES string of the molecule is O=C(OCC(=O)N1CCCc2ccccc21)c1nccc2ccccc12. The number of amides is 1. The van der Waals surface area contributed by atoms with E-state index in [0.717, 1.165) is 34.9 Å². The smallest absolute Gasteiger partial charge is 0.358 e. The van der Waals surface area contributed by atoms with Gasteiger partial charge < -0.3 is 9.64 Å². The van der Waals surface area contributed by atoms with E-state index >= 15 is 0 Å². The fraction of sp³-hybridized carbons (Fsp3) is 0.190. The number of ether oxygens (including phenoxy) is 1. The maximum Gasteiger partial charge on any atom is 0.358 e. The van der Waals surface area contributed by atoms with Crippen molar-refractivity contribution in [3.63, 3.8) is 0 Å². The van der Waals surface area contributed by atoms with E-state index in [0.29, 0.717) is 6.54 Å². The molecule has 0 aliphatic carbocycles. The van der Waals surface area contributed by atoms with Gasteiger partial charge in [0.25, 0.3) is 5.91 Å². The van der Waals surface area contributed by atoms with Gasteiger partial charge in [0, 0.05) is 23.8 Å². The fourth-order valence-electron chi connectivity index (χ4n) is 3.35. The van der Waals surface area contributed by atoms with Gasteiger partial charge in [0.15, 0.2) is 12.3 Å². The molecule has 26 heavy (non-hydrogen) atoms. The molecule has 0 bridgehead atoms. The number of nitrogens with zero attached hydrogens (tertiary/aromatic N) is 2. The first-order valence-corrected chi connectivity index (χ1v) is 8.63. The summed E-state index contributed by atoms with van der Waals surface area (Å²) in [6.07, 6.45) is 3.43. The number of esters is 1. The Bertz CT molecular complexity index is 978. The molecule has 0 unspecified atom stereocenters. The summed E-state index contributed by atoms with van der Waals surface area (Å²) in [4.78, 5) is 30.9. The molecule has 1 amide bonds. The summed E-state index contributed by atoms with van der Waals surface area (Å²) >= 11 is 0. The van der Waals surface area contributed by atoms with Crippen LogP contribution in [-0.2, 0) is 16.0 Å². The quantitative estimate of drug-likeness (QED) is 0.682. The van der Waals surface area contributed by atoms with Crippen LogP contribution >= 0.6 is 0 Å². The van der Waals surface area contributed by atoms with Crippen molar-refractivity contribution in [2.45, 2.75) is 12.8 Å². The normalized spacial score (nSPS) is 13.3. The average Bonchev–Trinajstić information content (AvgIpc) is 2.71. The number of carbonyl (C=O) groups excluding carboxylic acids is 2. The molecule has 1 aromatic heterocycles. The van der Waals surface area contributed by atoms with Crippen LogP contribution in [0, 0.1) is 0 Å². The molecule has 4 rings (SSSR count). The number of carbonyl (C=O) groups is 2. The van der Waals surface area contributed by atoms with Crippen molar-refractivity contribution in [3.05, 3.63) is 72.1 Å². The minimum atomic E-state index is -0.583. The highest BCUT2D eigenvalue weighted by atomic mass is 16.5. The summed E-state index contributed by atoms with van der Waals surface area (Å²) in [5.74, 6) is -0.800. The Hall–Kier alpha value is -3.21. The molecule has 0 spiro atoms. The minimum absolute atomic E-state index is 0.217. The van der Waals surface area contributed by atoms with E-state index in [1.807, 2.05) is 54.6 Å². The monoisotopic (exact) mass is 346 g/mol. The van der Waals surface area contributed by atoms with Gasteiger partial charge >= 0.3 is 5.97 Å². The summed E-state index contributed by atoms with van der Waals surface area (Å²) in [7, 11) is 0. The van der Waals surface area contributed by atoms with Gasteiger partial charge in [0.2, 0.25) is 0 Å². The third-order valence-corrected chi connectivity index (χ3v) is 4.61. The second-order valence-corrected chi connectivity index (χ2v) is 6.23. The molecule has 0 radical (unpaired) electrons. The van der Waals surface area contributed by atoms with Crippen molar-refractivity contribution in [3.8, 4) is 0 Å². The standard InChI is InChI=1S/C21H18N2O3/c24-19(23-13-5-8-16-7-2-4-10-18(16)23)14-26-21(25)20-17-9-3-1-6-15(17)11-12-22-20/h1-4,6-7,9-12H,5,8,13-14H2. The van der Waals surface area contributed by atoms with Crippen LogP contribution in [0.5, 0.6) is 0 Å². The Morgan fingerprint density at radius 2 is 1.85 bits per heavy atom. The summed E-state index contributed by atoms with van der Waals surface area (Å²) in [6.45, 7) is 0.345. The van der Waals surface area contributed by atoms with Gasteiger partial charge in [0.1, 0.15) is 0 Å². The van der Waals surface area contributed by atoms with E-state index < -0.39 is 5.97 Å². The molecule has 0 saturated carbocycles. The molecule has 5 heteroatoms. The molecule has 5 nitrogen and oxygen atoms in total. The molecular weight excluding hydrogens is 328 g/mol. The molecule has 0 saturated heterocycles. The number of hydrogen-bond acceptors (Lipinski definition) is 4. The van der Waals surface area contributed by atoms with Crippen LogP contribution < -0.4 is 4.90 Å². The molecular formula is C21H18N2O3. The average molecular weight is 346 g/mol. The van der Waals surface area contributed by atoms with Crippen LogP contribution in [0.4, 0.5) is 5.69 Å². The van der Waals surface area contributed by atoms with Gasteiger partial charge in [-0.05, 0) is 35.9 Å². The van der Waals surface area contributed by atoms with E-state index in [1.165, 1.54) is 0 Å². The predicted molar refractivity (Wildman–Crippen MR) is 99.1 cm³/mol. The first kappa shape index (κ1) is 16.3. The molecule has 2 aromatic carbocycles. The van der Waals surface area contributed by atoms with E-state index in [2.05, 4.69) is 4.98 Å².